The summed E-state index contributed by atoms with van der Waals surface area (Å²) in [5.74, 6) is 0.916. The monoisotopic (exact) mass is 329 g/mol. The Morgan fingerprint density at radius 1 is 1.39 bits per heavy atom. The molecule has 0 heterocycles. The van der Waals surface area contributed by atoms with Crippen LogP contribution < -0.4 is 5.32 Å². The normalized spacial score (nSPS) is 24.2. The summed E-state index contributed by atoms with van der Waals surface area (Å²) in [6.45, 7) is 3.21. The van der Waals surface area contributed by atoms with Crippen molar-refractivity contribution in [1.82, 2.24) is 5.32 Å². The Morgan fingerprint density at radius 2 is 2.22 bits per heavy atom. The molecule has 0 amide bonds. The van der Waals surface area contributed by atoms with Gasteiger partial charge in [-0.1, -0.05) is 53.7 Å². The van der Waals surface area contributed by atoms with Crippen LogP contribution in [0.5, 0.6) is 0 Å². The molecule has 1 aromatic rings. The minimum Gasteiger partial charge on any atom is -0.310 e. The van der Waals surface area contributed by atoms with E-state index in [4.69, 9.17) is 11.6 Å². The predicted molar refractivity (Wildman–Crippen MR) is 82.0 cm³/mol. The van der Waals surface area contributed by atoms with Crippen LogP contribution >= 0.6 is 27.5 Å². The lowest BCUT2D eigenvalue weighted by Gasteiger charge is -2.29. The number of benzene rings is 1. The van der Waals surface area contributed by atoms with E-state index < -0.39 is 0 Å². The molecule has 1 aliphatic rings. The maximum absolute atomic E-state index is 6.04. The van der Waals surface area contributed by atoms with Crippen molar-refractivity contribution in [3.05, 3.63) is 33.3 Å². The van der Waals surface area contributed by atoms with Crippen molar-refractivity contribution < 1.29 is 0 Å². The summed E-state index contributed by atoms with van der Waals surface area (Å²) in [5, 5.41) is 4.49. The zero-order valence-corrected chi connectivity index (χ0v) is 13.2. The summed E-state index contributed by atoms with van der Waals surface area (Å²) in [7, 11) is 0. The molecular formula is C15H21BrClN. The Labute approximate surface area is 123 Å². The molecule has 2 unspecified atom stereocenters. The summed E-state index contributed by atoms with van der Waals surface area (Å²) in [4.78, 5) is 0. The minimum atomic E-state index is 0.676. The van der Waals surface area contributed by atoms with Gasteiger partial charge in [-0.15, -0.1) is 0 Å². The fourth-order valence-corrected chi connectivity index (χ4v) is 3.36. The molecule has 2 atom stereocenters. The van der Waals surface area contributed by atoms with Crippen LogP contribution in [0.3, 0.4) is 0 Å². The number of rotatable bonds is 4. The lowest BCUT2D eigenvalue weighted by molar-refractivity contribution is 0.278. The molecule has 1 nitrogen and oxygen atoms in total. The number of halogens is 2. The van der Waals surface area contributed by atoms with Crippen molar-refractivity contribution in [2.24, 2.45) is 5.92 Å². The van der Waals surface area contributed by atoms with E-state index in [1.165, 1.54) is 37.7 Å². The lowest BCUT2D eigenvalue weighted by Crippen LogP contribution is -2.33. The first-order valence-electron chi connectivity index (χ1n) is 6.86. The van der Waals surface area contributed by atoms with Crippen LogP contribution in [0.1, 0.15) is 44.6 Å². The van der Waals surface area contributed by atoms with Crippen molar-refractivity contribution in [3.63, 3.8) is 0 Å². The van der Waals surface area contributed by atoms with Gasteiger partial charge in [0, 0.05) is 22.1 Å². The van der Waals surface area contributed by atoms with Crippen molar-refractivity contribution in [1.29, 1.82) is 0 Å². The second kappa shape index (κ2) is 6.93. The van der Waals surface area contributed by atoms with Crippen molar-refractivity contribution in [2.75, 3.05) is 0 Å². The van der Waals surface area contributed by atoms with Crippen LogP contribution in [-0.4, -0.2) is 6.04 Å². The van der Waals surface area contributed by atoms with E-state index in [-0.39, 0.29) is 0 Å². The average Bonchev–Trinajstić information content (AvgIpc) is 2.40. The zero-order chi connectivity index (χ0) is 13.0. The Kier molecular flexibility index (Phi) is 5.53. The van der Waals surface area contributed by atoms with Gasteiger partial charge in [0.2, 0.25) is 0 Å². The highest BCUT2D eigenvalue weighted by Gasteiger charge is 2.20. The van der Waals surface area contributed by atoms with Gasteiger partial charge in [0.05, 0.1) is 0 Å². The van der Waals surface area contributed by atoms with Gasteiger partial charge in [-0.25, -0.2) is 0 Å². The fourth-order valence-electron chi connectivity index (χ4n) is 2.78. The lowest BCUT2D eigenvalue weighted by atomic mass is 9.84. The molecule has 1 saturated carbocycles. The van der Waals surface area contributed by atoms with Crippen LogP contribution in [0.4, 0.5) is 0 Å². The second-order valence-electron chi connectivity index (χ2n) is 5.25. The summed E-state index contributed by atoms with van der Waals surface area (Å²) in [6, 6.07) is 6.66. The van der Waals surface area contributed by atoms with E-state index in [0.717, 1.165) is 22.0 Å². The van der Waals surface area contributed by atoms with Gasteiger partial charge in [-0.2, -0.15) is 0 Å². The third-order valence-electron chi connectivity index (χ3n) is 3.95. The minimum absolute atomic E-state index is 0.676. The van der Waals surface area contributed by atoms with Gasteiger partial charge in [0.15, 0.2) is 0 Å². The SMILES string of the molecule is CCC1CCCC(NCc2cc(Cl)ccc2Br)C1. The first kappa shape index (κ1) is 14.4. The van der Waals surface area contributed by atoms with E-state index >= 15 is 0 Å². The molecule has 0 saturated heterocycles. The summed E-state index contributed by atoms with van der Waals surface area (Å²) in [5.41, 5.74) is 1.25. The van der Waals surface area contributed by atoms with Crippen molar-refractivity contribution in [3.8, 4) is 0 Å². The highest BCUT2D eigenvalue weighted by Crippen LogP contribution is 2.27. The van der Waals surface area contributed by atoms with Crippen LogP contribution in [0.2, 0.25) is 5.02 Å². The zero-order valence-electron chi connectivity index (χ0n) is 10.9. The molecule has 3 heteroatoms. The quantitative estimate of drug-likeness (QED) is 0.804. The second-order valence-corrected chi connectivity index (χ2v) is 6.55. The molecule has 0 aliphatic heterocycles. The van der Waals surface area contributed by atoms with E-state index in [9.17, 15) is 0 Å². The van der Waals surface area contributed by atoms with Crippen LogP contribution in [-0.2, 0) is 6.54 Å². The van der Waals surface area contributed by atoms with Gasteiger partial charge in [0.1, 0.15) is 0 Å². The van der Waals surface area contributed by atoms with E-state index in [2.05, 4.69) is 28.2 Å². The summed E-state index contributed by atoms with van der Waals surface area (Å²) >= 11 is 9.62. The predicted octanol–water partition coefficient (Wildman–Crippen LogP) is 5.16. The molecule has 0 bridgehead atoms. The van der Waals surface area contributed by atoms with Gasteiger partial charge >= 0.3 is 0 Å². The number of hydrogen-bond donors (Lipinski definition) is 1. The third kappa shape index (κ3) is 3.97. The molecule has 100 valence electrons. The molecule has 1 aliphatic carbocycles. The van der Waals surface area contributed by atoms with E-state index in [1.807, 2.05) is 18.2 Å². The van der Waals surface area contributed by atoms with Gasteiger partial charge in [0.25, 0.3) is 0 Å². The fraction of sp³-hybridized carbons (Fsp3) is 0.600. The highest BCUT2D eigenvalue weighted by molar-refractivity contribution is 9.10. The smallest absolute Gasteiger partial charge is 0.0410 e. The Morgan fingerprint density at radius 3 is 3.00 bits per heavy atom. The molecule has 0 radical (unpaired) electrons. The third-order valence-corrected chi connectivity index (χ3v) is 4.96. The first-order chi connectivity index (χ1) is 8.69. The van der Waals surface area contributed by atoms with E-state index in [1.54, 1.807) is 0 Å². The number of nitrogens with one attached hydrogen (secondary N) is 1. The first-order valence-corrected chi connectivity index (χ1v) is 8.03. The molecule has 2 rings (SSSR count). The molecule has 0 spiro atoms. The van der Waals surface area contributed by atoms with Crippen LogP contribution in [0.25, 0.3) is 0 Å². The van der Waals surface area contributed by atoms with Crippen molar-refractivity contribution in [2.45, 2.75) is 51.6 Å². The Hall–Kier alpha value is -0.0500. The molecular weight excluding hydrogens is 310 g/mol. The maximum atomic E-state index is 6.04. The van der Waals surface area contributed by atoms with Crippen LogP contribution in [0.15, 0.2) is 22.7 Å². The van der Waals surface area contributed by atoms with E-state index in [0.29, 0.717) is 6.04 Å². The van der Waals surface area contributed by atoms with Gasteiger partial charge in [-0.3, -0.25) is 0 Å². The standard InChI is InChI=1S/C15H21BrClN/c1-2-11-4-3-5-14(8-11)18-10-12-9-13(17)6-7-15(12)16/h6-7,9,11,14,18H,2-5,8,10H2,1H3. The Bertz CT molecular complexity index is 394. The molecule has 1 fully saturated rings. The van der Waals surface area contributed by atoms with Crippen LogP contribution in [0, 0.1) is 5.92 Å². The average molecular weight is 331 g/mol. The molecule has 0 aromatic heterocycles. The summed E-state index contributed by atoms with van der Waals surface area (Å²) in [6.07, 6.45) is 6.74. The van der Waals surface area contributed by atoms with Gasteiger partial charge < -0.3 is 5.32 Å². The number of hydrogen-bond acceptors (Lipinski definition) is 1. The van der Waals surface area contributed by atoms with Gasteiger partial charge in [-0.05, 0) is 42.5 Å². The summed E-state index contributed by atoms with van der Waals surface area (Å²) < 4.78 is 1.14. The maximum Gasteiger partial charge on any atom is 0.0410 e. The largest absolute Gasteiger partial charge is 0.310 e. The molecule has 1 aromatic carbocycles. The molecule has 18 heavy (non-hydrogen) atoms. The Balaban J connectivity index is 1.89. The molecule has 1 N–H and O–H groups in total. The highest BCUT2D eigenvalue weighted by atomic mass is 79.9. The topological polar surface area (TPSA) is 12.0 Å². The van der Waals surface area contributed by atoms with Crippen molar-refractivity contribution >= 4 is 27.5 Å².